The number of aliphatic hydroxyl groups is 1. The molecule has 58 valence electrons. The van der Waals surface area contributed by atoms with Crippen LogP contribution in [-0.4, -0.2) is 30.2 Å². The molecule has 0 aromatic rings. The lowest BCUT2D eigenvalue weighted by Gasteiger charge is -2.21. The molecule has 0 aromatic carbocycles. The van der Waals surface area contributed by atoms with Gasteiger partial charge in [0.15, 0.2) is 5.79 Å². The summed E-state index contributed by atoms with van der Waals surface area (Å²) in [7, 11) is 0. The van der Waals surface area contributed by atoms with Crippen molar-refractivity contribution in [1.82, 2.24) is 0 Å². The average molecular weight is 144 g/mol. The van der Waals surface area contributed by atoms with Crippen LogP contribution in [0.3, 0.4) is 0 Å². The summed E-state index contributed by atoms with van der Waals surface area (Å²) >= 11 is 0. The Labute approximate surface area is 59.9 Å². The molecule has 0 bridgehead atoms. The van der Waals surface area contributed by atoms with Gasteiger partial charge in [-0.2, -0.15) is 0 Å². The van der Waals surface area contributed by atoms with Crippen LogP contribution in [0.5, 0.6) is 0 Å². The minimum atomic E-state index is -0.473. The standard InChI is InChI=1S/C7H12O3/c1-7-5(2-3-9-7)6(8)4-10-7/h5-6,8H,2-4H2,1H3/t5-,6-,7-/m0/s1. The summed E-state index contributed by atoms with van der Waals surface area (Å²) in [5.41, 5.74) is 0. The molecule has 10 heavy (non-hydrogen) atoms. The maximum absolute atomic E-state index is 9.36. The number of ether oxygens (including phenoxy) is 2. The molecule has 1 N–H and O–H groups in total. The average Bonchev–Trinajstić information content (AvgIpc) is 2.35. The molecule has 0 unspecified atom stereocenters. The van der Waals surface area contributed by atoms with Gasteiger partial charge in [-0.15, -0.1) is 0 Å². The predicted molar refractivity (Wildman–Crippen MR) is 34.4 cm³/mol. The third-order valence-corrected chi connectivity index (χ3v) is 2.50. The van der Waals surface area contributed by atoms with Gasteiger partial charge >= 0.3 is 0 Å². The van der Waals surface area contributed by atoms with Gasteiger partial charge in [-0.05, 0) is 13.3 Å². The maximum Gasteiger partial charge on any atom is 0.171 e. The van der Waals surface area contributed by atoms with Gasteiger partial charge in [0.2, 0.25) is 0 Å². The van der Waals surface area contributed by atoms with Gasteiger partial charge in [0, 0.05) is 5.92 Å². The van der Waals surface area contributed by atoms with Crippen molar-refractivity contribution in [1.29, 1.82) is 0 Å². The predicted octanol–water partition coefficient (Wildman–Crippen LogP) is 0.130. The van der Waals surface area contributed by atoms with Gasteiger partial charge in [0.05, 0.1) is 19.3 Å². The number of hydrogen-bond donors (Lipinski definition) is 1. The summed E-state index contributed by atoms with van der Waals surface area (Å²) in [5, 5.41) is 9.36. The normalized spacial score (nSPS) is 53.4. The van der Waals surface area contributed by atoms with Crippen LogP contribution in [0.25, 0.3) is 0 Å². The fourth-order valence-electron chi connectivity index (χ4n) is 1.82. The monoisotopic (exact) mass is 144 g/mol. The third-order valence-electron chi connectivity index (χ3n) is 2.50. The van der Waals surface area contributed by atoms with E-state index in [0.717, 1.165) is 13.0 Å². The van der Waals surface area contributed by atoms with Gasteiger partial charge in [-0.1, -0.05) is 0 Å². The van der Waals surface area contributed by atoms with Crippen molar-refractivity contribution in [3.63, 3.8) is 0 Å². The van der Waals surface area contributed by atoms with E-state index in [1.54, 1.807) is 0 Å². The number of aliphatic hydroxyl groups excluding tert-OH is 1. The Bertz CT molecular complexity index is 148. The van der Waals surface area contributed by atoms with Crippen LogP contribution in [0, 0.1) is 5.92 Å². The maximum atomic E-state index is 9.36. The highest BCUT2D eigenvalue weighted by Crippen LogP contribution is 2.40. The SMILES string of the molecule is C[C@@]12OCC[C@H]1[C@@H](O)CO2. The minimum Gasteiger partial charge on any atom is -0.390 e. The second kappa shape index (κ2) is 1.94. The van der Waals surface area contributed by atoms with Crippen molar-refractivity contribution >= 4 is 0 Å². The summed E-state index contributed by atoms with van der Waals surface area (Å²) < 4.78 is 10.7. The molecule has 0 aliphatic carbocycles. The first kappa shape index (κ1) is 6.58. The number of hydrogen-bond acceptors (Lipinski definition) is 3. The molecule has 2 aliphatic heterocycles. The van der Waals surface area contributed by atoms with Crippen LogP contribution >= 0.6 is 0 Å². The quantitative estimate of drug-likeness (QED) is 0.525. The first-order valence-corrected chi connectivity index (χ1v) is 3.68. The van der Waals surface area contributed by atoms with E-state index in [1.165, 1.54) is 0 Å². The molecule has 0 aromatic heterocycles. The van der Waals surface area contributed by atoms with E-state index in [2.05, 4.69) is 0 Å². The van der Waals surface area contributed by atoms with Gasteiger partial charge in [0.25, 0.3) is 0 Å². The van der Waals surface area contributed by atoms with Gasteiger partial charge in [-0.3, -0.25) is 0 Å². The molecule has 2 fully saturated rings. The van der Waals surface area contributed by atoms with E-state index in [0.29, 0.717) is 6.61 Å². The molecule has 3 heteroatoms. The number of fused-ring (bicyclic) bond motifs is 1. The highest BCUT2D eigenvalue weighted by atomic mass is 16.7. The van der Waals surface area contributed by atoms with Crippen molar-refractivity contribution in [2.24, 2.45) is 5.92 Å². The zero-order valence-corrected chi connectivity index (χ0v) is 6.04. The first-order chi connectivity index (χ1) is 4.72. The van der Waals surface area contributed by atoms with Crippen molar-refractivity contribution in [3.8, 4) is 0 Å². The van der Waals surface area contributed by atoms with E-state index in [4.69, 9.17) is 9.47 Å². The van der Waals surface area contributed by atoms with Crippen LogP contribution in [0.15, 0.2) is 0 Å². The summed E-state index contributed by atoms with van der Waals surface area (Å²) in [5.74, 6) is -0.271. The Kier molecular flexibility index (Phi) is 1.27. The highest BCUT2D eigenvalue weighted by molar-refractivity contribution is 4.91. The van der Waals surface area contributed by atoms with Crippen LogP contribution < -0.4 is 0 Å². The molecule has 2 saturated heterocycles. The van der Waals surface area contributed by atoms with E-state index in [9.17, 15) is 5.11 Å². The Morgan fingerprint density at radius 2 is 2.30 bits per heavy atom. The largest absolute Gasteiger partial charge is 0.390 e. The van der Waals surface area contributed by atoms with E-state index < -0.39 is 5.79 Å². The molecule has 3 nitrogen and oxygen atoms in total. The molecule has 3 atom stereocenters. The lowest BCUT2D eigenvalue weighted by molar-refractivity contribution is -0.181. The minimum absolute atomic E-state index is 0.201. The van der Waals surface area contributed by atoms with Gasteiger partial charge in [0.1, 0.15) is 0 Å². The molecule has 0 radical (unpaired) electrons. The molecule has 0 saturated carbocycles. The van der Waals surface area contributed by atoms with E-state index >= 15 is 0 Å². The molecular formula is C7H12O3. The van der Waals surface area contributed by atoms with Crippen molar-refractivity contribution in [2.75, 3.05) is 13.2 Å². The van der Waals surface area contributed by atoms with E-state index in [1.807, 2.05) is 6.92 Å². The Hall–Kier alpha value is -0.120. The molecule has 0 spiro atoms. The topological polar surface area (TPSA) is 38.7 Å². The third kappa shape index (κ3) is 0.713. The first-order valence-electron chi connectivity index (χ1n) is 3.68. The lowest BCUT2D eigenvalue weighted by atomic mass is 9.96. The zero-order chi connectivity index (χ0) is 7.19. The molecular weight excluding hydrogens is 132 g/mol. The van der Waals surface area contributed by atoms with Crippen LogP contribution in [0.4, 0.5) is 0 Å². The summed E-state index contributed by atoms with van der Waals surface area (Å²) in [6, 6.07) is 0. The molecule has 2 heterocycles. The van der Waals surface area contributed by atoms with Crippen LogP contribution in [0.2, 0.25) is 0 Å². The summed E-state index contributed by atoms with van der Waals surface area (Å²) in [4.78, 5) is 0. The zero-order valence-electron chi connectivity index (χ0n) is 6.04. The van der Waals surface area contributed by atoms with Crippen molar-refractivity contribution in [2.45, 2.75) is 25.2 Å². The van der Waals surface area contributed by atoms with Gasteiger partial charge < -0.3 is 14.6 Å². The second-order valence-corrected chi connectivity index (χ2v) is 3.14. The highest BCUT2D eigenvalue weighted by Gasteiger charge is 2.50. The molecule has 2 rings (SSSR count). The Morgan fingerprint density at radius 1 is 1.50 bits per heavy atom. The number of rotatable bonds is 0. The summed E-state index contributed by atoms with van der Waals surface area (Å²) in [6.07, 6.45) is 0.616. The van der Waals surface area contributed by atoms with Gasteiger partial charge in [-0.25, -0.2) is 0 Å². The lowest BCUT2D eigenvalue weighted by Crippen LogP contribution is -2.30. The van der Waals surface area contributed by atoms with Crippen LogP contribution in [0.1, 0.15) is 13.3 Å². The fourth-order valence-corrected chi connectivity index (χ4v) is 1.82. The van der Waals surface area contributed by atoms with Crippen LogP contribution in [-0.2, 0) is 9.47 Å². The smallest absolute Gasteiger partial charge is 0.171 e. The second-order valence-electron chi connectivity index (χ2n) is 3.14. The van der Waals surface area contributed by atoms with Crippen molar-refractivity contribution < 1.29 is 14.6 Å². The Morgan fingerprint density at radius 3 is 3.00 bits per heavy atom. The van der Waals surface area contributed by atoms with Crippen molar-refractivity contribution in [3.05, 3.63) is 0 Å². The fraction of sp³-hybridized carbons (Fsp3) is 1.00. The van der Waals surface area contributed by atoms with E-state index in [-0.39, 0.29) is 12.0 Å². The molecule has 2 aliphatic rings. The summed E-state index contributed by atoms with van der Waals surface area (Å²) in [6.45, 7) is 3.06. The molecule has 0 amide bonds. The Balaban J connectivity index is 2.19.